The van der Waals surface area contributed by atoms with E-state index in [1.165, 1.54) is 17.3 Å². The topological polar surface area (TPSA) is 93.7 Å². The fraction of sp³-hybridized carbons (Fsp3) is 0.0625. The average Bonchev–Trinajstić information content (AvgIpc) is 3.14. The maximum atomic E-state index is 12.3. The summed E-state index contributed by atoms with van der Waals surface area (Å²) in [5.41, 5.74) is 1.39. The molecule has 0 amide bonds. The molecule has 0 fully saturated rings. The van der Waals surface area contributed by atoms with Gasteiger partial charge in [0.05, 0.1) is 11.6 Å². The number of carbonyl (C=O) groups excluding carboxylic acids is 1. The standard InChI is InChI=1S/C16H11N5O2/c17-8-12-4-1-2-5-13(12)9-23-16(22)14-6-3-7-19-15(14)21-11-18-10-20-21/h1-7,10-11H,9H2. The molecule has 0 unspecified atom stereocenters. The van der Waals surface area contributed by atoms with E-state index >= 15 is 0 Å². The highest BCUT2D eigenvalue weighted by atomic mass is 16.5. The Kier molecular flexibility index (Phi) is 4.07. The predicted octanol–water partition coefficient (Wildman–Crippen LogP) is 1.89. The van der Waals surface area contributed by atoms with Crippen molar-refractivity contribution >= 4 is 5.97 Å². The second kappa shape index (κ2) is 6.49. The van der Waals surface area contributed by atoms with Crippen molar-refractivity contribution in [3.05, 3.63) is 71.9 Å². The van der Waals surface area contributed by atoms with Crippen molar-refractivity contribution < 1.29 is 9.53 Å². The van der Waals surface area contributed by atoms with Crippen LogP contribution in [0.4, 0.5) is 0 Å². The zero-order chi connectivity index (χ0) is 16.1. The van der Waals surface area contributed by atoms with Crippen LogP contribution in [-0.4, -0.2) is 25.7 Å². The smallest absolute Gasteiger partial charge is 0.342 e. The Labute approximate surface area is 131 Å². The first-order valence-electron chi connectivity index (χ1n) is 6.74. The van der Waals surface area contributed by atoms with Crippen molar-refractivity contribution in [3.63, 3.8) is 0 Å². The summed E-state index contributed by atoms with van der Waals surface area (Å²) < 4.78 is 6.69. The van der Waals surface area contributed by atoms with Crippen LogP contribution in [0.5, 0.6) is 0 Å². The summed E-state index contributed by atoms with van der Waals surface area (Å²) in [5.74, 6) is -0.208. The van der Waals surface area contributed by atoms with Gasteiger partial charge in [-0.15, -0.1) is 0 Å². The van der Waals surface area contributed by atoms with Gasteiger partial charge in [-0.1, -0.05) is 18.2 Å². The molecule has 3 aromatic rings. The summed E-state index contributed by atoms with van der Waals surface area (Å²) >= 11 is 0. The summed E-state index contributed by atoms with van der Waals surface area (Å²) in [4.78, 5) is 20.3. The van der Waals surface area contributed by atoms with Gasteiger partial charge in [-0.05, 0) is 18.2 Å². The van der Waals surface area contributed by atoms with Crippen LogP contribution in [-0.2, 0) is 11.3 Å². The molecule has 0 N–H and O–H groups in total. The maximum absolute atomic E-state index is 12.3. The lowest BCUT2D eigenvalue weighted by atomic mass is 10.1. The van der Waals surface area contributed by atoms with Crippen LogP contribution in [0.25, 0.3) is 5.82 Å². The molecular weight excluding hydrogens is 294 g/mol. The van der Waals surface area contributed by atoms with E-state index in [1.807, 2.05) is 0 Å². The van der Waals surface area contributed by atoms with Crippen molar-refractivity contribution in [2.45, 2.75) is 6.61 Å². The lowest BCUT2D eigenvalue weighted by Crippen LogP contribution is -2.12. The second-order valence-electron chi connectivity index (χ2n) is 4.56. The molecular formula is C16H11N5O2. The fourth-order valence-corrected chi connectivity index (χ4v) is 2.03. The van der Waals surface area contributed by atoms with E-state index < -0.39 is 5.97 Å². The minimum absolute atomic E-state index is 0.00819. The largest absolute Gasteiger partial charge is 0.457 e. The summed E-state index contributed by atoms with van der Waals surface area (Å²) in [6.07, 6.45) is 4.36. The predicted molar refractivity (Wildman–Crippen MR) is 79.4 cm³/mol. The van der Waals surface area contributed by atoms with Crippen molar-refractivity contribution in [3.8, 4) is 11.9 Å². The number of esters is 1. The van der Waals surface area contributed by atoms with Gasteiger partial charge in [0.15, 0.2) is 5.82 Å². The Balaban J connectivity index is 1.81. The van der Waals surface area contributed by atoms with Gasteiger partial charge in [0.2, 0.25) is 0 Å². The summed E-state index contributed by atoms with van der Waals surface area (Å²) in [7, 11) is 0. The third-order valence-electron chi connectivity index (χ3n) is 3.14. The van der Waals surface area contributed by atoms with Gasteiger partial charge in [0, 0.05) is 11.8 Å². The van der Waals surface area contributed by atoms with E-state index in [0.29, 0.717) is 16.9 Å². The van der Waals surface area contributed by atoms with Crippen LogP contribution in [0.1, 0.15) is 21.5 Å². The van der Waals surface area contributed by atoms with E-state index in [1.54, 1.807) is 42.6 Å². The number of hydrogen-bond acceptors (Lipinski definition) is 6. The van der Waals surface area contributed by atoms with Gasteiger partial charge in [-0.2, -0.15) is 10.4 Å². The number of pyridine rings is 1. The first kappa shape index (κ1) is 14.4. The lowest BCUT2D eigenvalue weighted by Gasteiger charge is -2.09. The molecule has 0 saturated heterocycles. The van der Waals surface area contributed by atoms with Crippen molar-refractivity contribution in [2.24, 2.45) is 0 Å². The molecule has 7 heteroatoms. The molecule has 0 spiro atoms. The van der Waals surface area contributed by atoms with Gasteiger partial charge in [0.25, 0.3) is 0 Å². The zero-order valence-electron chi connectivity index (χ0n) is 12.0. The number of aromatic nitrogens is 4. The average molecular weight is 305 g/mol. The fourth-order valence-electron chi connectivity index (χ4n) is 2.03. The van der Waals surface area contributed by atoms with E-state index in [-0.39, 0.29) is 12.2 Å². The van der Waals surface area contributed by atoms with Crippen molar-refractivity contribution in [1.82, 2.24) is 19.7 Å². The highest BCUT2D eigenvalue weighted by Crippen LogP contribution is 2.14. The summed E-state index contributed by atoms with van der Waals surface area (Å²) in [6, 6.07) is 12.3. The molecule has 0 aliphatic carbocycles. The minimum Gasteiger partial charge on any atom is -0.457 e. The van der Waals surface area contributed by atoms with Crippen LogP contribution in [0.3, 0.4) is 0 Å². The first-order chi connectivity index (χ1) is 11.3. The molecule has 0 atom stereocenters. The highest BCUT2D eigenvalue weighted by Gasteiger charge is 2.16. The number of rotatable bonds is 4. The SMILES string of the molecule is N#Cc1ccccc1COC(=O)c1cccnc1-n1cncn1. The molecule has 2 heterocycles. The Morgan fingerprint density at radius 3 is 2.91 bits per heavy atom. The van der Waals surface area contributed by atoms with Crippen LogP contribution in [0, 0.1) is 11.3 Å². The van der Waals surface area contributed by atoms with Crippen molar-refractivity contribution in [2.75, 3.05) is 0 Å². The Hall–Kier alpha value is -3.53. The molecule has 112 valence electrons. The van der Waals surface area contributed by atoms with Crippen LogP contribution in [0.15, 0.2) is 55.2 Å². The number of ether oxygens (including phenoxy) is 1. The number of nitrogens with zero attached hydrogens (tertiary/aromatic N) is 5. The summed E-state index contributed by atoms with van der Waals surface area (Å²) in [6.45, 7) is 0.00819. The zero-order valence-corrected chi connectivity index (χ0v) is 12.0. The molecule has 1 aromatic carbocycles. The van der Waals surface area contributed by atoms with Gasteiger partial charge in [0.1, 0.15) is 24.8 Å². The van der Waals surface area contributed by atoms with Crippen LogP contribution >= 0.6 is 0 Å². The quantitative estimate of drug-likeness (QED) is 0.683. The number of hydrogen-bond donors (Lipinski definition) is 0. The third kappa shape index (κ3) is 3.06. The second-order valence-corrected chi connectivity index (χ2v) is 4.56. The minimum atomic E-state index is -0.545. The maximum Gasteiger partial charge on any atom is 0.342 e. The molecule has 23 heavy (non-hydrogen) atoms. The van der Waals surface area contributed by atoms with Crippen LogP contribution < -0.4 is 0 Å². The summed E-state index contributed by atoms with van der Waals surface area (Å²) in [5, 5.41) is 13.0. The molecule has 0 aliphatic rings. The van der Waals surface area contributed by atoms with E-state index in [4.69, 9.17) is 10.00 Å². The molecule has 3 rings (SSSR count). The number of carbonyl (C=O) groups is 1. The third-order valence-corrected chi connectivity index (χ3v) is 3.14. The monoisotopic (exact) mass is 305 g/mol. The first-order valence-corrected chi connectivity index (χ1v) is 6.74. The highest BCUT2D eigenvalue weighted by molar-refractivity contribution is 5.92. The van der Waals surface area contributed by atoms with E-state index in [9.17, 15) is 4.79 Å². The van der Waals surface area contributed by atoms with Crippen LogP contribution in [0.2, 0.25) is 0 Å². The Morgan fingerprint density at radius 2 is 2.13 bits per heavy atom. The Bertz CT molecular complexity index is 868. The number of benzene rings is 1. The lowest BCUT2D eigenvalue weighted by molar-refractivity contribution is 0.0472. The van der Waals surface area contributed by atoms with E-state index in [0.717, 1.165) is 0 Å². The van der Waals surface area contributed by atoms with Gasteiger partial charge >= 0.3 is 5.97 Å². The van der Waals surface area contributed by atoms with Gasteiger partial charge in [-0.25, -0.2) is 19.4 Å². The molecule has 7 nitrogen and oxygen atoms in total. The molecule has 0 bridgehead atoms. The molecule has 0 saturated carbocycles. The van der Waals surface area contributed by atoms with Gasteiger partial charge in [-0.3, -0.25) is 0 Å². The van der Waals surface area contributed by atoms with E-state index in [2.05, 4.69) is 21.1 Å². The molecule has 0 radical (unpaired) electrons. The van der Waals surface area contributed by atoms with Crippen molar-refractivity contribution in [1.29, 1.82) is 5.26 Å². The molecule has 2 aromatic heterocycles. The Morgan fingerprint density at radius 1 is 1.26 bits per heavy atom. The molecule has 0 aliphatic heterocycles. The number of nitriles is 1. The van der Waals surface area contributed by atoms with Gasteiger partial charge < -0.3 is 4.74 Å². The normalized spacial score (nSPS) is 10.0.